The molecule has 2 aromatic rings. The summed E-state index contributed by atoms with van der Waals surface area (Å²) in [5.41, 5.74) is 2.67. The van der Waals surface area contributed by atoms with E-state index in [0.29, 0.717) is 0 Å². The largest absolute Gasteiger partial charge is 0.466 e. The van der Waals surface area contributed by atoms with Crippen LogP contribution in [0.5, 0.6) is 0 Å². The molecule has 1 aromatic carbocycles. The van der Waals surface area contributed by atoms with Crippen LogP contribution >= 0.6 is 23.5 Å². The van der Waals surface area contributed by atoms with Crippen molar-refractivity contribution in [2.75, 3.05) is 26.4 Å². The molecular weight excluding hydrogens is 420 g/mol. The molecule has 1 saturated heterocycles. The van der Waals surface area contributed by atoms with Crippen LogP contribution in [0.2, 0.25) is 0 Å². The van der Waals surface area contributed by atoms with Crippen LogP contribution in [0.15, 0.2) is 66.5 Å². The lowest BCUT2D eigenvalue weighted by Gasteiger charge is -2.47. The number of nitrogens with zero attached hydrogens (tertiary/aromatic N) is 2. The number of carbonyl (C=O) groups excluding carboxylic acids is 2. The average Bonchev–Trinajstić information content (AvgIpc) is 3.11. The SMILES string of the molecule is COC(=O)/C=C/C1=CN(C)C=CC1C1(c2cc3ccccc3n2C(=O)OC)SCS1. The lowest BCUT2D eigenvalue weighted by atomic mass is 9.90. The summed E-state index contributed by atoms with van der Waals surface area (Å²) in [6.45, 7) is 0. The Morgan fingerprint density at radius 2 is 1.97 bits per heavy atom. The minimum absolute atomic E-state index is 0.0499. The van der Waals surface area contributed by atoms with Gasteiger partial charge in [-0.25, -0.2) is 14.2 Å². The number of hydrogen-bond acceptors (Lipinski definition) is 7. The van der Waals surface area contributed by atoms with E-state index in [2.05, 4.69) is 12.1 Å². The Hall–Kier alpha value is -2.58. The van der Waals surface area contributed by atoms with Crippen LogP contribution in [0.4, 0.5) is 4.79 Å². The van der Waals surface area contributed by atoms with E-state index in [1.54, 1.807) is 34.2 Å². The number of thioether (sulfide) groups is 2. The zero-order chi connectivity index (χ0) is 21.3. The quantitative estimate of drug-likeness (QED) is 0.509. The Labute approximate surface area is 183 Å². The minimum atomic E-state index is -0.419. The normalized spacial score (nSPS) is 20.2. The molecule has 0 amide bonds. The van der Waals surface area contributed by atoms with Crippen molar-refractivity contribution in [2.45, 2.75) is 4.08 Å². The Kier molecular flexibility index (Phi) is 5.71. The molecule has 6 nitrogen and oxygen atoms in total. The Balaban J connectivity index is 1.85. The van der Waals surface area contributed by atoms with Gasteiger partial charge in [0.15, 0.2) is 0 Å². The second kappa shape index (κ2) is 8.28. The molecule has 8 heteroatoms. The van der Waals surface area contributed by atoms with Gasteiger partial charge in [0.2, 0.25) is 0 Å². The third-order valence-electron chi connectivity index (χ3n) is 5.22. The maximum absolute atomic E-state index is 12.8. The number of para-hydroxylation sites is 1. The van der Waals surface area contributed by atoms with Crippen LogP contribution in [-0.2, 0) is 18.3 Å². The molecule has 1 aromatic heterocycles. The van der Waals surface area contributed by atoms with Crippen LogP contribution in [0.25, 0.3) is 10.9 Å². The van der Waals surface area contributed by atoms with Crippen molar-refractivity contribution in [3.05, 3.63) is 72.2 Å². The molecule has 0 radical (unpaired) electrons. The van der Waals surface area contributed by atoms with Crippen molar-refractivity contribution < 1.29 is 19.1 Å². The Morgan fingerprint density at radius 3 is 2.63 bits per heavy atom. The van der Waals surface area contributed by atoms with Crippen molar-refractivity contribution in [1.82, 2.24) is 9.47 Å². The predicted octanol–water partition coefficient (Wildman–Crippen LogP) is 4.53. The van der Waals surface area contributed by atoms with Crippen molar-refractivity contribution in [3.63, 3.8) is 0 Å². The smallest absolute Gasteiger partial charge is 0.418 e. The van der Waals surface area contributed by atoms with E-state index in [1.165, 1.54) is 20.3 Å². The maximum atomic E-state index is 12.8. The highest BCUT2D eigenvalue weighted by Crippen LogP contribution is 2.65. The van der Waals surface area contributed by atoms with Gasteiger partial charge in [0.1, 0.15) is 4.08 Å². The fourth-order valence-electron chi connectivity index (χ4n) is 3.79. The van der Waals surface area contributed by atoms with E-state index in [-0.39, 0.29) is 5.92 Å². The van der Waals surface area contributed by atoms with Crippen molar-refractivity contribution in [2.24, 2.45) is 5.92 Å². The molecule has 4 rings (SSSR count). The molecule has 0 aliphatic carbocycles. The fourth-order valence-corrected chi connectivity index (χ4v) is 6.66. The number of fused-ring (bicyclic) bond motifs is 1. The van der Waals surface area contributed by atoms with Crippen LogP contribution in [0, 0.1) is 5.92 Å². The molecule has 1 atom stereocenters. The monoisotopic (exact) mass is 442 g/mol. The minimum Gasteiger partial charge on any atom is -0.466 e. The number of allylic oxidation sites excluding steroid dienone is 3. The highest BCUT2D eigenvalue weighted by atomic mass is 32.3. The summed E-state index contributed by atoms with van der Waals surface area (Å²) in [5.74, 6) is -0.454. The number of benzene rings is 1. The first-order valence-electron chi connectivity index (χ1n) is 9.35. The Bertz CT molecular complexity index is 1080. The zero-order valence-electron chi connectivity index (χ0n) is 16.9. The topological polar surface area (TPSA) is 60.8 Å². The molecule has 30 heavy (non-hydrogen) atoms. The summed E-state index contributed by atoms with van der Waals surface area (Å²) >= 11 is 3.58. The first-order chi connectivity index (χ1) is 14.5. The maximum Gasteiger partial charge on any atom is 0.418 e. The van der Waals surface area contributed by atoms with Gasteiger partial charge in [0, 0.05) is 35.7 Å². The highest BCUT2D eigenvalue weighted by Gasteiger charge is 2.51. The number of hydrogen-bond donors (Lipinski definition) is 0. The molecule has 1 unspecified atom stereocenters. The van der Waals surface area contributed by atoms with Gasteiger partial charge in [0.05, 0.1) is 25.4 Å². The van der Waals surface area contributed by atoms with Gasteiger partial charge < -0.3 is 14.4 Å². The van der Waals surface area contributed by atoms with E-state index in [1.807, 2.05) is 48.6 Å². The highest BCUT2D eigenvalue weighted by molar-refractivity contribution is 8.33. The molecule has 2 aliphatic rings. The van der Waals surface area contributed by atoms with Gasteiger partial charge in [-0.3, -0.25) is 0 Å². The predicted molar refractivity (Wildman–Crippen MR) is 121 cm³/mol. The van der Waals surface area contributed by atoms with Crippen molar-refractivity contribution in [3.8, 4) is 0 Å². The molecule has 0 bridgehead atoms. The summed E-state index contributed by atoms with van der Waals surface area (Å²) in [5, 5.41) is 1.90. The number of carbonyl (C=O) groups is 2. The fraction of sp³-hybridized carbons (Fsp3) is 0.273. The number of esters is 1. The second-order valence-corrected chi connectivity index (χ2v) is 10.0. The van der Waals surface area contributed by atoms with Crippen molar-refractivity contribution in [1.29, 1.82) is 0 Å². The zero-order valence-corrected chi connectivity index (χ0v) is 18.5. The number of aromatic nitrogens is 1. The van der Waals surface area contributed by atoms with Crippen LogP contribution in [0.3, 0.4) is 0 Å². The van der Waals surface area contributed by atoms with Gasteiger partial charge in [-0.2, -0.15) is 0 Å². The van der Waals surface area contributed by atoms with Crippen molar-refractivity contribution >= 4 is 46.5 Å². The molecule has 1 fully saturated rings. The van der Waals surface area contributed by atoms with Gasteiger partial charge in [-0.1, -0.05) is 24.3 Å². The molecule has 0 N–H and O–H groups in total. The van der Waals surface area contributed by atoms with Gasteiger partial charge in [-0.15, -0.1) is 23.5 Å². The third kappa shape index (κ3) is 3.44. The van der Waals surface area contributed by atoms with E-state index >= 15 is 0 Å². The summed E-state index contributed by atoms with van der Waals surface area (Å²) in [7, 11) is 4.70. The summed E-state index contributed by atoms with van der Waals surface area (Å²) < 4.78 is 11.1. The second-order valence-electron chi connectivity index (χ2n) is 6.94. The summed E-state index contributed by atoms with van der Waals surface area (Å²) in [6.07, 6.45) is 8.94. The number of rotatable bonds is 4. The van der Waals surface area contributed by atoms with Crippen LogP contribution < -0.4 is 0 Å². The van der Waals surface area contributed by atoms with Gasteiger partial charge in [-0.05, 0) is 30.0 Å². The molecule has 0 saturated carbocycles. The number of methoxy groups -OCH3 is 2. The van der Waals surface area contributed by atoms with E-state index in [4.69, 9.17) is 9.47 Å². The molecule has 156 valence electrons. The van der Waals surface area contributed by atoms with E-state index in [9.17, 15) is 9.59 Å². The molecule has 3 heterocycles. The van der Waals surface area contributed by atoms with Crippen LogP contribution in [0.1, 0.15) is 5.69 Å². The standard InChI is InChI=1S/C22H22N2O4S2/c1-23-11-10-17(16(13-23)8-9-20(25)27-2)22(29-14-30-22)19-12-15-6-4-5-7-18(15)24(19)21(26)28-3/h4-13,17H,14H2,1-3H3/b9-8+. The molecular formula is C22H22N2O4S2. The van der Waals surface area contributed by atoms with Gasteiger partial charge in [0.25, 0.3) is 0 Å². The summed E-state index contributed by atoms with van der Waals surface area (Å²) in [6, 6.07) is 9.87. The Morgan fingerprint density at radius 1 is 1.20 bits per heavy atom. The molecule has 2 aliphatic heterocycles. The third-order valence-corrected chi connectivity index (χ3v) is 8.65. The average molecular weight is 443 g/mol. The lowest BCUT2D eigenvalue weighted by molar-refractivity contribution is -0.134. The summed E-state index contributed by atoms with van der Waals surface area (Å²) in [4.78, 5) is 26.4. The van der Waals surface area contributed by atoms with E-state index in [0.717, 1.165) is 27.3 Å². The first-order valence-corrected chi connectivity index (χ1v) is 11.3. The lowest BCUT2D eigenvalue weighted by Crippen LogP contribution is -2.39. The molecule has 0 spiro atoms. The van der Waals surface area contributed by atoms with Gasteiger partial charge >= 0.3 is 12.1 Å². The first kappa shape index (κ1) is 20.7. The van der Waals surface area contributed by atoms with Crippen LogP contribution in [-0.4, -0.2) is 47.9 Å². The van der Waals surface area contributed by atoms with E-state index < -0.39 is 16.1 Å². The number of ether oxygens (including phenoxy) is 2.